The number of benzene rings is 1. The molecule has 0 aliphatic heterocycles. The highest BCUT2D eigenvalue weighted by Gasteiger charge is 2.21. The molecule has 1 amide bonds. The summed E-state index contributed by atoms with van der Waals surface area (Å²) in [6, 6.07) is 7.62. The van der Waals surface area contributed by atoms with E-state index in [-0.39, 0.29) is 13.0 Å². The Morgan fingerprint density at radius 2 is 2.04 bits per heavy atom. The lowest BCUT2D eigenvalue weighted by Crippen LogP contribution is -2.34. The minimum atomic E-state index is -0.988. The molecule has 5 nitrogen and oxygen atoms in total. The summed E-state index contributed by atoms with van der Waals surface area (Å²) in [5.74, 6) is 0. The first-order valence-electron chi connectivity index (χ1n) is 7.57. The summed E-state index contributed by atoms with van der Waals surface area (Å²) >= 11 is 1.53. The van der Waals surface area contributed by atoms with Gasteiger partial charge in [-0.05, 0) is 44.0 Å². The minimum Gasteiger partial charge on any atom is -0.444 e. The second-order valence-corrected chi connectivity index (χ2v) is 7.33. The molecule has 23 heavy (non-hydrogen) atoms. The van der Waals surface area contributed by atoms with Crippen LogP contribution in [0.2, 0.25) is 0 Å². The minimum absolute atomic E-state index is 0.230. The molecule has 2 unspecified atom stereocenters. The normalized spacial score (nSPS) is 14.5. The number of ether oxygens (including phenoxy) is 1. The van der Waals surface area contributed by atoms with Crippen LogP contribution in [0.15, 0.2) is 29.6 Å². The summed E-state index contributed by atoms with van der Waals surface area (Å²) < 4.78 is 6.09. The summed E-state index contributed by atoms with van der Waals surface area (Å²) in [6.45, 7) is 5.58. The monoisotopic (exact) mass is 337 g/mol. The number of amides is 1. The molecule has 0 spiro atoms. The van der Waals surface area contributed by atoms with E-state index in [2.05, 4.69) is 5.32 Å². The molecule has 126 valence electrons. The van der Waals surface area contributed by atoms with Gasteiger partial charge in [0.15, 0.2) is 0 Å². The molecule has 2 aromatic rings. The topological polar surface area (TPSA) is 78.8 Å². The van der Waals surface area contributed by atoms with Gasteiger partial charge >= 0.3 is 6.09 Å². The maximum atomic E-state index is 11.5. The van der Waals surface area contributed by atoms with E-state index in [4.69, 9.17) is 4.74 Å². The standard InChI is InChI=1S/C17H23NO4S/c1-17(2,3)22-16(21)18-9-7-13(19)14(20)12-6-4-5-11-8-10-23-15(11)12/h4-6,8,10,13-14,19-20H,7,9H2,1-3H3,(H,18,21). The van der Waals surface area contributed by atoms with Crippen molar-refractivity contribution in [3.63, 3.8) is 0 Å². The van der Waals surface area contributed by atoms with Gasteiger partial charge in [-0.25, -0.2) is 4.79 Å². The number of alkyl carbamates (subject to hydrolysis) is 1. The molecular weight excluding hydrogens is 314 g/mol. The lowest BCUT2D eigenvalue weighted by molar-refractivity contribution is 0.0132. The van der Waals surface area contributed by atoms with E-state index in [0.717, 1.165) is 10.1 Å². The highest BCUT2D eigenvalue weighted by Crippen LogP contribution is 2.31. The number of aliphatic hydroxyl groups is 2. The van der Waals surface area contributed by atoms with E-state index in [1.807, 2.05) is 29.6 Å². The Balaban J connectivity index is 1.89. The zero-order chi connectivity index (χ0) is 17.0. The number of carbonyl (C=O) groups excluding carboxylic acids is 1. The molecule has 0 saturated heterocycles. The van der Waals surface area contributed by atoms with Crippen LogP contribution in [-0.4, -0.2) is 34.6 Å². The molecular formula is C17H23NO4S. The number of thiophene rings is 1. The first-order chi connectivity index (χ1) is 10.8. The molecule has 1 aromatic carbocycles. The van der Waals surface area contributed by atoms with Crippen molar-refractivity contribution in [2.24, 2.45) is 0 Å². The second kappa shape index (κ2) is 7.29. The zero-order valence-corrected chi connectivity index (χ0v) is 14.4. The summed E-state index contributed by atoms with van der Waals surface area (Å²) in [5, 5.41) is 26.1. The van der Waals surface area contributed by atoms with E-state index in [0.29, 0.717) is 5.56 Å². The Kier molecular flexibility index (Phi) is 5.62. The first-order valence-corrected chi connectivity index (χ1v) is 8.45. The van der Waals surface area contributed by atoms with Gasteiger partial charge in [-0.2, -0.15) is 0 Å². The van der Waals surface area contributed by atoms with Crippen LogP contribution in [-0.2, 0) is 4.74 Å². The smallest absolute Gasteiger partial charge is 0.407 e. The second-order valence-electron chi connectivity index (χ2n) is 6.42. The van der Waals surface area contributed by atoms with Crippen LogP contribution in [0.1, 0.15) is 38.9 Å². The number of carbonyl (C=O) groups is 1. The van der Waals surface area contributed by atoms with E-state index < -0.39 is 23.9 Å². The molecule has 0 saturated carbocycles. The number of rotatable bonds is 5. The molecule has 0 aliphatic carbocycles. The summed E-state index contributed by atoms with van der Waals surface area (Å²) in [5.41, 5.74) is 0.152. The van der Waals surface area contributed by atoms with Crippen LogP contribution in [0.3, 0.4) is 0 Å². The Morgan fingerprint density at radius 3 is 2.74 bits per heavy atom. The summed E-state index contributed by atoms with van der Waals surface area (Å²) in [6.07, 6.45) is -2.24. The Morgan fingerprint density at radius 1 is 1.30 bits per heavy atom. The van der Waals surface area contributed by atoms with Crippen LogP contribution >= 0.6 is 11.3 Å². The third kappa shape index (κ3) is 4.92. The lowest BCUT2D eigenvalue weighted by Gasteiger charge is -2.21. The van der Waals surface area contributed by atoms with E-state index >= 15 is 0 Å². The van der Waals surface area contributed by atoms with Crippen LogP contribution < -0.4 is 5.32 Å². The van der Waals surface area contributed by atoms with E-state index in [1.54, 1.807) is 20.8 Å². The maximum Gasteiger partial charge on any atom is 0.407 e. The molecule has 1 aromatic heterocycles. The van der Waals surface area contributed by atoms with E-state index in [9.17, 15) is 15.0 Å². The predicted molar refractivity (Wildman–Crippen MR) is 91.6 cm³/mol. The largest absolute Gasteiger partial charge is 0.444 e. The van der Waals surface area contributed by atoms with Crippen LogP contribution in [0.5, 0.6) is 0 Å². The van der Waals surface area contributed by atoms with Crippen molar-refractivity contribution in [1.82, 2.24) is 5.32 Å². The van der Waals surface area contributed by atoms with Crippen molar-refractivity contribution in [3.05, 3.63) is 35.2 Å². The Labute approximate surface area is 139 Å². The predicted octanol–water partition coefficient (Wildman–Crippen LogP) is 3.21. The number of fused-ring (bicyclic) bond motifs is 1. The summed E-state index contributed by atoms with van der Waals surface area (Å²) in [7, 11) is 0. The third-order valence-electron chi connectivity index (χ3n) is 3.30. The fraction of sp³-hybridized carbons (Fsp3) is 0.471. The van der Waals surface area contributed by atoms with Crippen molar-refractivity contribution >= 4 is 27.5 Å². The number of aliphatic hydroxyl groups excluding tert-OH is 2. The van der Waals surface area contributed by atoms with Gasteiger partial charge in [0.1, 0.15) is 11.7 Å². The van der Waals surface area contributed by atoms with Gasteiger partial charge in [0.2, 0.25) is 0 Å². The maximum absolute atomic E-state index is 11.5. The molecule has 1 heterocycles. The van der Waals surface area contributed by atoms with E-state index in [1.165, 1.54) is 11.3 Å². The van der Waals surface area contributed by atoms with Crippen molar-refractivity contribution in [1.29, 1.82) is 0 Å². The quantitative estimate of drug-likeness (QED) is 0.783. The molecule has 0 radical (unpaired) electrons. The molecule has 0 bridgehead atoms. The lowest BCUT2D eigenvalue weighted by atomic mass is 10.0. The van der Waals surface area contributed by atoms with Crippen molar-refractivity contribution in [2.75, 3.05) is 6.54 Å². The van der Waals surface area contributed by atoms with Crippen LogP contribution in [0, 0.1) is 0 Å². The van der Waals surface area contributed by atoms with Crippen LogP contribution in [0.25, 0.3) is 10.1 Å². The molecule has 2 rings (SSSR count). The SMILES string of the molecule is CC(C)(C)OC(=O)NCCC(O)C(O)c1cccc2ccsc12. The van der Waals surface area contributed by atoms with Crippen molar-refractivity contribution in [3.8, 4) is 0 Å². The molecule has 2 atom stereocenters. The average Bonchev–Trinajstić information content (AvgIpc) is 2.92. The highest BCUT2D eigenvalue weighted by molar-refractivity contribution is 7.17. The van der Waals surface area contributed by atoms with Crippen LogP contribution in [0.4, 0.5) is 4.79 Å². The Bertz CT molecular complexity index is 662. The van der Waals surface area contributed by atoms with Gasteiger partial charge in [-0.3, -0.25) is 0 Å². The van der Waals surface area contributed by atoms with Gasteiger partial charge in [0.05, 0.1) is 6.10 Å². The van der Waals surface area contributed by atoms with Gasteiger partial charge < -0.3 is 20.3 Å². The summed E-state index contributed by atoms with van der Waals surface area (Å²) in [4.78, 5) is 11.5. The Hall–Kier alpha value is -1.63. The highest BCUT2D eigenvalue weighted by atomic mass is 32.1. The van der Waals surface area contributed by atoms with Gasteiger partial charge in [0.25, 0.3) is 0 Å². The number of hydrogen-bond donors (Lipinski definition) is 3. The number of nitrogens with one attached hydrogen (secondary N) is 1. The fourth-order valence-corrected chi connectivity index (χ4v) is 3.20. The number of hydrogen-bond acceptors (Lipinski definition) is 5. The molecule has 6 heteroatoms. The van der Waals surface area contributed by atoms with Gasteiger partial charge in [0, 0.05) is 16.8 Å². The molecule has 0 fully saturated rings. The van der Waals surface area contributed by atoms with Gasteiger partial charge in [-0.15, -0.1) is 11.3 Å². The molecule has 0 aliphatic rings. The first kappa shape index (κ1) is 17.7. The molecule has 3 N–H and O–H groups in total. The fourth-order valence-electron chi connectivity index (χ4n) is 2.25. The van der Waals surface area contributed by atoms with Crippen molar-refractivity contribution in [2.45, 2.75) is 45.0 Å². The third-order valence-corrected chi connectivity index (χ3v) is 4.28. The van der Waals surface area contributed by atoms with Crippen molar-refractivity contribution < 1.29 is 19.7 Å². The zero-order valence-electron chi connectivity index (χ0n) is 13.6. The average molecular weight is 337 g/mol. The van der Waals surface area contributed by atoms with Gasteiger partial charge in [-0.1, -0.05) is 18.2 Å².